The highest BCUT2D eigenvalue weighted by molar-refractivity contribution is 7.22. The third kappa shape index (κ3) is 3.50. The van der Waals surface area contributed by atoms with Crippen molar-refractivity contribution in [3.05, 3.63) is 69.1 Å². The number of para-hydroxylation sites is 1. The maximum atomic E-state index is 13.0. The van der Waals surface area contributed by atoms with Crippen molar-refractivity contribution < 1.29 is 4.79 Å². The maximum Gasteiger partial charge on any atom is 0.308 e. The number of fused-ring (bicyclic) bond motifs is 1. The average molecular weight is 410 g/mol. The first-order valence-electron chi connectivity index (χ1n) is 8.98. The van der Waals surface area contributed by atoms with Crippen molar-refractivity contribution >= 4 is 43.9 Å². The molecular weight excluding hydrogens is 390 g/mol. The van der Waals surface area contributed by atoms with Crippen LogP contribution in [0.5, 0.6) is 0 Å². The fraction of sp³-hybridized carbons (Fsp3) is 0.190. The smallest absolute Gasteiger partial charge is 0.289 e. The zero-order valence-corrected chi connectivity index (χ0v) is 17.2. The Morgan fingerprint density at radius 1 is 1.14 bits per heavy atom. The lowest BCUT2D eigenvalue weighted by molar-refractivity contribution is -0.119. The van der Waals surface area contributed by atoms with Crippen molar-refractivity contribution in [1.82, 2.24) is 9.55 Å². The molecule has 4 rings (SSSR count). The van der Waals surface area contributed by atoms with Crippen molar-refractivity contribution in [3.63, 3.8) is 0 Å². The molecule has 142 valence electrons. The van der Waals surface area contributed by atoms with Gasteiger partial charge in [0.05, 0.1) is 15.9 Å². The first kappa shape index (κ1) is 18.6. The molecule has 0 fully saturated rings. The first-order valence-corrected chi connectivity index (χ1v) is 10.7. The Morgan fingerprint density at radius 2 is 1.89 bits per heavy atom. The van der Waals surface area contributed by atoms with E-state index in [0.717, 1.165) is 38.4 Å². The lowest BCUT2D eigenvalue weighted by Gasteiger charge is -2.18. The second-order valence-corrected chi connectivity index (χ2v) is 8.27. The van der Waals surface area contributed by atoms with E-state index in [1.54, 1.807) is 9.47 Å². The molecule has 28 heavy (non-hydrogen) atoms. The number of aromatic nitrogens is 2. The van der Waals surface area contributed by atoms with Crippen LogP contribution >= 0.6 is 22.7 Å². The van der Waals surface area contributed by atoms with Gasteiger partial charge in [-0.1, -0.05) is 64.6 Å². The number of amides is 1. The lowest BCUT2D eigenvalue weighted by atomic mass is 10.1. The number of thiazole rings is 2. The van der Waals surface area contributed by atoms with E-state index < -0.39 is 0 Å². The quantitative estimate of drug-likeness (QED) is 0.486. The van der Waals surface area contributed by atoms with Crippen LogP contribution in [-0.4, -0.2) is 22.0 Å². The van der Waals surface area contributed by atoms with E-state index in [1.165, 1.54) is 11.3 Å². The zero-order chi connectivity index (χ0) is 19.7. The minimum atomic E-state index is -0.143. The Hall–Kier alpha value is -2.77. The molecule has 0 aliphatic heterocycles. The summed E-state index contributed by atoms with van der Waals surface area (Å²) >= 11 is 2.60. The van der Waals surface area contributed by atoms with Gasteiger partial charge in [-0.15, -0.1) is 0 Å². The normalized spacial score (nSPS) is 11.1. The highest BCUT2D eigenvalue weighted by atomic mass is 32.1. The number of aryl methyl sites for hydroxylation is 1. The van der Waals surface area contributed by atoms with Gasteiger partial charge < -0.3 is 0 Å². The standard InChI is InChI=1S/C21H19N3O2S2/c1-3-23(20-22-16-6-4-5-7-18(16)28-20)19(25)12-24-17(13-27-21(24)26)15-10-8-14(2)9-11-15/h4-11,13H,3,12H2,1-2H3. The molecule has 4 aromatic rings. The SMILES string of the molecule is CCN(C(=O)Cn1c(-c2ccc(C)cc2)csc1=O)c1nc2ccccc2s1. The van der Waals surface area contributed by atoms with Gasteiger partial charge in [-0.3, -0.25) is 19.1 Å². The van der Waals surface area contributed by atoms with E-state index >= 15 is 0 Å². The number of hydrogen-bond donors (Lipinski definition) is 0. The van der Waals surface area contributed by atoms with Gasteiger partial charge in [-0.05, 0) is 31.5 Å². The zero-order valence-electron chi connectivity index (χ0n) is 15.6. The molecule has 2 aromatic heterocycles. The van der Waals surface area contributed by atoms with Gasteiger partial charge in [0.25, 0.3) is 0 Å². The molecule has 0 radical (unpaired) electrons. The summed E-state index contributed by atoms with van der Waals surface area (Å²) in [5, 5.41) is 2.47. The predicted molar refractivity (Wildman–Crippen MR) is 116 cm³/mol. The summed E-state index contributed by atoms with van der Waals surface area (Å²) in [4.78, 5) is 31.5. The molecule has 0 aliphatic carbocycles. The van der Waals surface area contributed by atoms with Crippen LogP contribution in [0.1, 0.15) is 12.5 Å². The topological polar surface area (TPSA) is 55.2 Å². The van der Waals surface area contributed by atoms with Crippen LogP contribution in [-0.2, 0) is 11.3 Å². The Bertz CT molecular complexity index is 1160. The van der Waals surface area contributed by atoms with Crippen LogP contribution in [0.2, 0.25) is 0 Å². The molecule has 0 saturated heterocycles. The number of carbonyl (C=O) groups is 1. The fourth-order valence-corrected chi connectivity index (χ4v) is 4.86. The summed E-state index contributed by atoms with van der Waals surface area (Å²) in [7, 11) is 0. The second-order valence-electron chi connectivity index (χ2n) is 6.44. The van der Waals surface area contributed by atoms with E-state index in [2.05, 4.69) is 4.98 Å². The van der Waals surface area contributed by atoms with Crippen molar-refractivity contribution in [1.29, 1.82) is 0 Å². The molecule has 2 heterocycles. The lowest BCUT2D eigenvalue weighted by Crippen LogP contribution is -2.35. The van der Waals surface area contributed by atoms with E-state index in [1.807, 2.05) is 67.8 Å². The van der Waals surface area contributed by atoms with E-state index in [4.69, 9.17) is 0 Å². The number of carbonyl (C=O) groups excluding carboxylic acids is 1. The van der Waals surface area contributed by atoms with Crippen LogP contribution in [0.15, 0.2) is 58.7 Å². The molecule has 5 nitrogen and oxygen atoms in total. The molecular formula is C21H19N3O2S2. The summed E-state index contributed by atoms with van der Waals surface area (Å²) in [6.45, 7) is 4.43. The van der Waals surface area contributed by atoms with Gasteiger partial charge in [0.1, 0.15) is 6.54 Å². The number of anilines is 1. The number of rotatable bonds is 5. The van der Waals surface area contributed by atoms with E-state index in [9.17, 15) is 9.59 Å². The van der Waals surface area contributed by atoms with Crippen molar-refractivity contribution in [2.45, 2.75) is 20.4 Å². The monoisotopic (exact) mass is 409 g/mol. The van der Waals surface area contributed by atoms with Gasteiger partial charge in [0, 0.05) is 11.9 Å². The molecule has 0 bridgehead atoms. The summed E-state index contributed by atoms with van der Waals surface area (Å²) in [6.07, 6.45) is 0. The Morgan fingerprint density at radius 3 is 2.61 bits per heavy atom. The molecule has 0 spiro atoms. The molecule has 7 heteroatoms. The highest BCUT2D eigenvalue weighted by Gasteiger charge is 2.21. The Balaban J connectivity index is 1.65. The molecule has 0 aliphatic rings. The van der Waals surface area contributed by atoms with Gasteiger partial charge in [-0.2, -0.15) is 0 Å². The summed E-state index contributed by atoms with van der Waals surface area (Å²) in [5.74, 6) is -0.143. The largest absolute Gasteiger partial charge is 0.308 e. The van der Waals surface area contributed by atoms with Crippen LogP contribution in [0.3, 0.4) is 0 Å². The van der Waals surface area contributed by atoms with Gasteiger partial charge in [0.2, 0.25) is 5.91 Å². The third-order valence-electron chi connectivity index (χ3n) is 4.55. The van der Waals surface area contributed by atoms with Crippen molar-refractivity contribution in [2.75, 3.05) is 11.4 Å². The number of nitrogens with zero attached hydrogens (tertiary/aromatic N) is 3. The predicted octanol–water partition coefficient (Wildman–Crippen LogP) is 4.55. The molecule has 0 unspecified atom stereocenters. The first-order chi connectivity index (χ1) is 13.6. The second kappa shape index (κ2) is 7.69. The highest BCUT2D eigenvalue weighted by Crippen LogP contribution is 2.29. The van der Waals surface area contributed by atoms with Gasteiger partial charge in [-0.25, -0.2) is 4.98 Å². The van der Waals surface area contributed by atoms with Crippen LogP contribution in [0.25, 0.3) is 21.5 Å². The maximum absolute atomic E-state index is 13.0. The molecule has 2 aromatic carbocycles. The Kier molecular flexibility index (Phi) is 5.11. The van der Waals surface area contributed by atoms with E-state index in [-0.39, 0.29) is 17.3 Å². The van der Waals surface area contributed by atoms with Gasteiger partial charge >= 0.3 is 4.87 Å². The molecule has 0 saturated carbocycles. The average Bonchev–Trinajstić information content (AvgIpc) is 3.27. The fourth-order valence-electron chi connectivity index (χ4n) is 3.04. The van der Waals surface area contributed by atoms with Gasteiger partial charge in [0.15, 0.2) is 5.13 Å². The number of likely N-dealkylation sites (N-methyl/N-ethyl adjacent to an activating group) is 1. The van der Waals surface area contributed by atoms with E-state index in [0.29, 0.717) is 11.7 Å². The van der Waals surface area contributed by atoms with Crippen molar-refractivity contribution in [3.8, 4) is 11.3 Å². The van der Waals surface area contributed by atoms with Crippen LogP contribution < -0.4 is 9.77 Å². The minimum absolute atomic E-state index is 0.00465. The summed E-state index contributed by atoms with van der Waals surface area (Å²) in [6, 6.07) is 15.8. The van der Waals surface area contributed by atoms with Crippen LogP contribution in [0, 0.1) is 6.92 Å². The minimum Gasteiger partial charge on any atom is -0.289 e. The molecule has 1 amide bonds. The number of benzene rings is 2. The number of hydrogen-bond acceptors (Lipinski definition) is 5. The summed E-state index contributed by atoms with van der Waals surface area (Å²) < 4.78 is 2.59. The van der Waals surface area contributed by atoms with Crippen molar-refractivity contribution in [2.24, 2.45) is 0 Å². The molecule has 0 N–H and O–H groups in total. The summed E-state index contributed by atoms with van der Waals surface area (Å²) in [5.41, 5.74) is 3.72. The Labute approximate surface area is 170 Å². The molecule has 0 atom stereocenters. The van der Waals surface area contributed by atoms with Crippen LogP contribution in [0.4, 0.5) is 5.13 Å². The third-order valence-corrected chi connectivity index (χ3v) is 6.38.